The first kappa shape index (κ1) is 10.3. The highest BCUT2D eigenvalue weighted by molar-refractivity contribution is 7.18. The lowest BCUT2D eigenvalue weighted by molar-refractivity contribution is -0.380. The van der Waals surface area contributed by atoms with Crippen LogP contribution in [0.3, 0.4) is 0 Å². The first-order valence-corrected chi connectivity index (χ1v) is 4.49. The zero-order chi connectivity index (χ0) is 10.6. The van der Waals surface area contributed by atoms with E-state index in [1.54, 1.807) is 13.0 Å². The second-order valence-electron chi connectivity index (χ2n) is 2.25. The first-order chi connectivity index (χ1) is 6.63. The smallest absolute Gasteiger partial charge is 0.298 e. The van der Waals surface area contributed by atoms with Crippen LogP contribution in [0.15, 0.2) is 18.3 Å². The number of thiazole rings is 1. The summed E-state index contributed by atoms with van der Waals surface area (Å²) in [7, 11) is 0. The molecule has 0 spiro atoms. The van der Waals surface area contributed by atoms with Gasteiger partial charge in [-0.25, -0.2) is 4.98 Å². The summed E-state index contributed by atoms with van der Waals surface area (Å²) in [6.45, 7) is 1.70. The van der Waals surface area contributed by atoms with Gasteiger partial charge in [-0.3, -0.25) is 20.2 Å². The zero-order valence-corrected chi connectivity index (χ0v) is 8.08. The highest BCUT2D eigenvalue weighted by atomic mass is 32.1. The van der Waals surface area contributed by atoms with Gasteiger partial charge in [0.15, 0.2) is 5.13 Å². The number of nitrogens with zero attached hydrogens (tertiary/aromatic N) is 2. The Morgan fingerprint density at radius 1 is 1.79 bits per heavy atom. The number of aromatic nitrogens is 1. The molecule has 0 aromatic carbocycles. The third-order valence-electron chi connectivity index (χ3n) is 1.22. The van der Waals surface area contributed by atoms with Crippen LogP contribution in [0.1, 0.15) is 6.92 Å². The molecule has 1 N–H and O–H groups in total. The van der Waals surface area contributed by atoms with E-state index >= 15 is 0 Å². The minimum Gasteiger partial charge on any atom is -0.298 e. The lowest BCUT2D eigenvalue weighted by Gasteiger charge is -1.92. The van der Waals surface area contributed by atoms with Gasteiger partial charge >= 0.3 is 5.00 Å². The number of amides is 1. The molecule has 0 aliphatic carbocycles. The number of rotatable bonds is 3. The maximum Gasteiger partial charge on any atom is 0.345 e. The van der Waals surface area contributed by atoms with Gasteiger partial charge in [-0.05, 0) is 24.3 Å². The maximum absolute atomic E-state index is 11.0. The molecule has 0 saturated carbocycles. The van der Waals surface area contributed by atoms with E-state index in [0.29, 0.717) is 0 Å². The van der Waals surface area contributed by atoms with Gasteiger partial charge in [0.1, 0.15) is 6.20 Å². The van der Waals surface area contributed by atoms with E-state index in [9.17, 15) is 14.9 Å². The predicted molar refractivity (Wildman–Crippen MR) is 52.2 cm³/mol. The molecule has 1 heterocycles. The summed E-state index contributed by atoms with van der Waals surface area (Å²) in [5, 5.41) is 12.8. The fourth-order valence-corrected chi connectivity index (χ4v) is 1.34. The van der Waals surface area contributed by atoms with Crippen molar-refractivity contribution in [2.24, 2.45) is 0 Å². The number of nitro groups is 1. The molecule has 14 heavy (non-hydrogen) atoms. The lowest BCUT2D eigenvalue weighted by atomic mass is 10.5. The Hall–Kier alpha value is -1.76. The van der Waals surface area contributed by atoms with E-state index in [0.717, 1.165) is 17.5 Å². The molecule has 7 heteroatoms. The molecule has 0 saturated heterocycles. The van der Waals surface area contributed by atoms with Gasteiger partial charge in [-0.15, -0.1) is 0 Å². The molecule has 1 aromatic heterocycles. The fraction of sp³-hybridized carbons (Fsp3) is 0.143. The molecule has 74 valence electrons. The third-order valence-corrected chi connectivity index (χ3v) is 2.09. The average Bonchev–Trinajstić information content (AvgIpc) is 2.53. The molecule has 0 aliphatic rings. The zero-order valence-electron chi connectivity index (χ0n) is 7.26. The van der Waals surface area contributed by atoms with Crippen LogP contribution in [-0.4, -0.2) is 15.8 Å². The van der Waals surface area contributed by atoms with E-state index in [1.807, 2.05) is 0 Å². The van der Waals surface area contributed by atoms with Crippen LogP contribution in [0.5, 0.6) is 0 Å². The Morgan fingerprint density at radius 3 is 3.00 bits per heavy atom. The third kappa shape index (κ3) is 2.63. The Kier molecular flexibility index (Phi) is 3.29. The average molecular weight is 213 g/mol. The Balaban J connectivity index is 2.69. The quantitative estimate of drug-likeness (QED) is 0.469. The van der Waals surface area contributed by atoms with Crippen molar-refractivity contribution in [1.29, 1.82) is 0 Å². The van der Waals surface area contributed by atoms with Crippen LogP contribution < -0.4 is 5.32 Å². The number of nitrogens with one attached hydrogen (secondary N) is 1. The molecule has 6 nitrogen and oxygen atoms in total. The highest BCUT2D eigenvalue weighted by Crippen LogP contribution is 2.24. The molecular weight excluding hydrogens is 206 g/mol. The summed E-state index contributed by atoms with van der Waals surface area (Å²) < 4.78 is 0. The Morgan fingerprint density at radius 2 is 2.50 bits per heavy atom. The predicted octanol–water partition coefficient (Wildman–Crippen LogP) is 1.57. The molecule has 0 aliphatic heterocycles. The van der Waals surface area contributed by atoms with Crippen LogP contribution in [0.25, 0.3) is 0 Å². The summed E-state index contributed by atoms with van der Waals surface area (Å²) in [5.74, 6) is -0.350. The van der Waals surface area contributed by atoms with Gasteiger partial charge in [-0.1, -0.05) is 6.08 Å². The van der Waals surface area contributed by atoms with Gasteiger partial charge in [0.2, 0.25) is 5.91 Å². The summed E-state index contributed by atoms with van der Waals surface area (Å²) in [6.07, 6.45) is 3.99. The normalized spacial score (nSPS) is 10.4. The number of carbonyl (C=O) groups is 1. The van der Waals surface area contributed by atoms with Gasteiger partial charge < -0.3 is 0 Å². The van der Waals surface area contributed by atoms with E-state index in [2.05, 4.69) is 10.3 Å². The van der Waals surface area contributed by atoms with Crippen molar-refractivity contribution in [2.45, 2.75) is 6.92 Å². The molecule has 0 unspecified atom stereocenters. The van der Waals surface area contributed by atoms with Crippen molar-refractivity contribution in [3.63, 3.8) is 0 Å². The number of allylic oxidation sites excluding steroid dienone is 1. The van der Waals surface area contributed by atoms with Crippen LogP contribution in [-0.2, 0) is 4.79 Å². The van der Waals surface area contributed by atoms with Crippen LogP contribution in [0, 0.1) is 10.1 Å². The van der Waals surface area contributed by atoms with E-state index < -0.39 is 4.92 Å². The van der Waals surface area contributed by atoms with Crippen LogP contribution in [0.2, 0.25) is 0 Å². The fourth-order valence-electron chi connectivity index (χ4n) is 0.706. The van der Waals surface area contributed by atoms with E-state index in [1.165, 1.54) is 6.08 Å². The second-order valence-corrected chi connectivity index (χ2v) is 3.26. The minimum absolute atomic E-state index is 0.0965. The standard InChI is InChI=1S/C7H7N3O3S/c1-2-3-5(11)9-7-8-4-6(14-7)10(12)13/h2-4H,1H3,(H,8,9,11)/b3-2+. The van der Waals surface area contributed by atoms with Crippen molar-refractivity contribution in [1.82, 2.24) is 4.98 Å². The van der Waals surface area contributed by atoms with Gasteiger partial charge in [0, 0.05) is 0 Å². The topological polar surface area (TPSA) is 85.1 Å². The number of carbonyl (C=O) groups excluding carboxylic acids is 1. The Bertz CT molecular complexity index is 385. The molecule has 1 amide bonds. The largest absolute Gasteiger partial charge is 0.345 e. The number of anilines is 1. The maximum atomic E-state index is 11.0. The van der Waals surface area contributed by atoms with Crippen molar-refractivity contribution >= 4 is 27.4 Å². The van der Waals surface area contributed by atoms with Crippen LogP contribution in [0.4, 0.5) is 10.1 Å². The summed E-state index contributed by atoms with van der Waals surface area (Å²) in [5.41, 5.74) is 0. The van der Waals surface area contributed by atoms with Crippen molar-refractivity contribution < 1.29 is 9.72 Å². The monoisotopic (exact) mass is 213 g/mol. The molecule has 0 atom stereocenters. The molecule has 0 bridgehead atoms. The molecule has 1 aromatic rings. The van der Waals surface area contributed by atoms with Crippen molar-refractivity contribution in [2.75, 3.05) is 5.32 Å². The minimum atomic E-state index is -0.553. The lowest BCUT2D eigenvalue weighted by Crippen LogP contribution is -2.06. The van der Waals surface area contributed by atoms with Gasteiger partial charge in [0.25, 0.3) is 0 Å². The van der Waals surface area contributed by atoms with Crippen LogP contribution >= 0.6 is 11.3 Å². The van der Waals surface area contributed by atoms with Crippen molar-refractivity contribution in [3.8, 4) is 0 Å². The molecule has 0 fully saturated rings. The highest BCUT2D eigenvalue weighted by Gasteiger charge is 2.11. The van der Waals surface area contributed by atoms with E-state index in [-0.39, 0.29) is 16.0 Å². The molecule has 0 radical (unpaired) electrons. The van der Waals surface area contributed by atoms with Gasteiger partial charge in [-0.2, -0.15) is 0 Å². The summed E-state index contributed by atoms with van der Waals surface area (Å²) in [4.78, 5) is 24.4. The number of hydrogen-bond acceptors (Lipinski definition) is 5. The molecular formula is C7H7N3O3S. The summed E-state index contributed by atoms with van der Waals surface area (Å²) in [6, 6.07) is 0. The SMILES string of the molecule is C/C=C/C(=O)Nc1ncc([N+](=O)[O-])s1. The van der Waals surface area contributed by atoms with Gasteiger partial charge in [0.05, 0.1) is 4.92 Å². The summed E-state index contributed by atoms with van der Waals surface area (Å²) >= 11 is 0.819. The Labute approximate surface area is 83.4 Å². The van der Waals surface area contributed by atoms with Crippen molar-refractivity contribution in [3.05, 3.63) is 28.5 Å². The van der Waals surface area contributed by atoms with E-state index in [4.69, 9.17) is 0 Å². The first-order valence-electron chi connectivity index (χ1n) is 3.67. The number of hydrogen-bond donors (Lipinski definition) is 1. The second kappa shape index (κ2) is 4.47. The molecule has 1 rings (SSSR count).